The molecule has 2 saturated heterocycles. The number of anilines is 1. The number of halogens is 1. The summed E-state index contributed by atoms with van der Waals surface area (Å²) in [5.41, 5.74) is 1.33. The summed E-state index contributed by atoms with van der Waals surface area (Å²) >= 11 is 0. The molecule has 2 fully saturated rings. The second-order valence-electron chi connectivity index (χ2n) is 9.21. The topological polar surface area (TPSA) is 98.5 Å². The molecule has 5 rings (SSSR count). The van der Waals surface area contributed by atoms with Crippen molar-refractivity contribution in [2.75, 3.05) is 31.1 Å². The van der Waals surface area contributed by atoms with Crippen molar-refractivity contribution in [2.45, 2.75) is 38.3 Å². The molecule has 2 aromatic heterocycles. The molecule has 35 heavy (non-hydrogen) atoms. The number of carbonyl (C=O) groups excluding carboxylic acids is 1. The molecule has 4 heterocycles. The zero-order valence-electron chi connectivity index (χ0n) is 19.5. The summed E-state index contributed by atoms with van der Waals surface area (Å²) in [4.78, 5) is 21.5. The number of nitrogens with zero attached hydrogens (tertiary/aromatic N) is 4. The molecule has 0 saturated carbocycles. The SMILES string of the molecule is N#Cc1nc(-c2ccco2)oc1N1CCC(C(=O)NC2CCN(Cc3ccc(F)cc3)CC2)CC1. The number of piperidine rings is 2. The first-order valence-corrected chi connectivity index (χ1v) is 12.1. The van der Waals surface area contributed by atoms with Gasteiger partial charge >= 0.3 is 0 Å². The lowest BCUT2D eigenvalue weighted by atomic mass is 9.94. The maximum atomic E-state index is 13.1. The van der Waals surface area contributed by atoms with Crippen LogP contribution < -0.4 is 10.2 Å². The number of nitriles is 1. The highest BCUT2D eigenvalue weighted by molar-refractivity contribution is 5.79. The Labute approximate surface area is 203 Å². The van der Waals surface area contributed by atoms with E-state index in [1.807, 2.05) is 17.0 Å². The number of hydrogen-bond acceptors (Lipinski definition) is 7. The average Bonchev–Trinajstić information content (AvgIpc) is 3.57. The molecule has 1 aromatic carbocycles. The van der Waals surface area contributed by atoms with E-state index in [-0.39, 0.29) is 35.3 Å². The van der Waals surface area contributed by atoms with E-state index >= 15 is 0 Å². The summed E-state index contributed by atoms with van der Waals surface area (Å²) in [6.45, 7) is 3.85. The van der Waals surface area contributed by atoms with Crippen molar-refractivity contribution in [1.29, 1.82) is 5.26 Å². The second-order valence-corrected chi connectivity index (χ2v) is 9.21. The van der Waals surface area contributed by atoms with E-state index in [1.54, 1.807) is 12.1 Å². The van der Waals surface area contributed by atoms with Gasteiger partial charge in [0.2, 0.25) is 17.5 Å². The first kappa shape index (κ1) is 23.1. The van der Waals surface area contributed by atoms with Crippen LogP contribution in [0.3, 0.4) is 0 Å². The van der Waals surface area contributed by atoms with Gasteiger partial charge in [-0.2, -0.15) is 10.2 Å². The van der Waals surface area contributed by atoms with Crippen LogP contribution in [0.1, 0.15) is 36.9 Å². The molecule has 0 spiro atoms. The summed E-state index contributed by atoms with van der Waals surface area (Å²) in [6.07, 6.45) is 4.73. The zero-order chi connectivity index (χ0) is 24.2. The molecule has 0 bridgehead atoms. The van der Waals surface area contributed by atoms with Crippen LogP contribution in [0.25, 0.3) is 11.7 Å². The maximum Gasteiger partial charge on any atom is 0.266 e. The molecule has 0 radical (unpaired) electrons. The third-order valence-corrected chi connectivity index (χ3v) is 6.85. The largest absolute Gasteiger partial charge is 0.459 e. The molecule has 8 nitrogen and oxygen atoms in total. The molecule has 2 aliphatic heterocycles. The van der Waals surface area contributed by atoms with Gasteiger partial charge in [0.15, 0.2) is 5.76 Å². The quantitative estimate of drug-likeness (QED) is 0.574. The Morgan fingerprint density at radius 3 is 2.51 bits per heavy atom. The van der Waals surface area contributed by atoms with Crippen LogP contribution in [0.2, 0.25) is 0 Å². The zero-order valence-corrected chi connectivity index (χ0v) is 19.5. The highest BCUT2D eigenvalue weighted by Gasteiger charge is 2.31. The summed E-state index contributed by atoms with van der Waals surface area (Å²) in [6, 6.07) is 12.4. The van der Waals surface area contributed by atoms with Crippen LogP contribution in [-0.2, 0) is 11.3 Å². The number of furan rings is 1. The predicted octanol–water partition coefficient (Wildman–Crippen LogP) is 3.94. The van der Waals surface area contributed by atoms with Crippen LogP contribution >= 0.6 is 0 Å². The van der Waals surface area contributed by atoms with Gasteiger partial charge in [-0.15, -0.1) is 0 Å². The summed E-state index contributed by atoms with van der Waals surface area (Å²) < 4.78 is 24.3. The van der Waals surface area contributed by atoms with E-state index in [0.29, 0.717) is 37.6 Å². The number of hydrogen-bond donors (Lipinski definition) is 1. The summed E-state index contributed by atoms with van der Waals surface area (Å²) in [7, 11) is 0. The highest BCUT2D eigenvalue weighted by atomic mass is 19.1. The fourth-order valence-corrected chi connectivity index (χ4v) is 4.85. The molecule has 182 valence electrons. The van der Waals surface area contributed by atoms with E-state index in [4.69, 9.17) is 8.83 Å². The molecule has 3 aromatic rings. The Hall–Kier alpha value is -3.64. The van der Waals surface area contributed by atoms with Gasteiger partial charge in [0.25, 0.3) is 5.89 Å². The van der Waals surface area contributed by atoms with Gasteiger partial charge in [0.1, 0.15) is 11.9 Å². The van der Waals surface area contributed by atoms with Gasteiger partial charge < -0.3 is 19.1 Å². The third-order valence-electron chi connectivity index (χ3n) is 6.85. The monoisotopic (exact) mass is 477 g/mol. The van der Waals surface area contributed by atoms with Crippen molar-refractivity contribution in [3.8, 4) is 17.7 Å². The number of rotatable bonds is 6. The fraction of sp³-hybridized carbons (Fsp3) is 0.423. The van der Waals surface area contributed by atoms with E-state index in [9.17, 15) is 14.4 Å². The number of oxazole rings is 1. The predicted molar refractivity (Wildman–Crippen MR) is 127 cm³/mol. The Bertz CT molecular complexity index is 1170. The Morgan fingerprint density at radius 2 is 1.86 bits per heavy atom. The Kier molecular flexibility index (Phi) is 6.82. The minimum absolute atomic E-state index is 0.0542. The van der Waals surface area contributed by atoms with Crippen LogP contribution in [0.5, 0.6) is 0 Å². The summed E-state index contributed by atoms with van der Waals surface area (Å²) in [5.74, 6) is 1.03. The molecular formula is C26H28FN5O3. The van der Waals surface area contributed by atoms with Crippen LogP contribution in [0, 0.1) is 23.1 Å². The van der Waals surface area contributed by atoms with Crippen molar-refractivity contribution in [3.63, 3.8) is 0 Å². The van der Waals surface area contributed by atoms with Crippen LogP contribution in [0.15, 0.2) is 51.5 Å². The molecule has 1 amide bonds. The van der Waals surface area contributed by atoms with Crippen molar-refractivity contribution >= 4 is 11.8 Å². The van der Waals surface area contributed by atoms with Gasteiger partial charge in [-0.3, -0.25) is 9.69 Å². The Balaban J connectivity index is 1.09. The molecule has 0 unspecified atom stereocenters. The lowest BCUT2D eigenvalue weighted by Gasteiger charge is -2.35. The average molecular weight is 478 g/mol. The molecule has 9 heteroatoms. The van der Waals surface area contributed by atoms with E-state index in [1.165, 1.54) is 18.4 Å². The van der Waals surface area contributed by atoms with Crippen LogP contribution in [0.4, 0.5) is 10.3 Å². The van der Waals surface area contributed by atoms with Crippen molar-refractivity contribution in [1.82, 2.24) is 15.2 Å². The second kappa shape index (κ2) is 10.3. The number of nitrogens with one attached hydrogen (secondary N) is 1. The van der Waals surface area contributed by atoms with Crippen LogP contribution in [-0.4, -0.2) is 48.0 Å². The standard InChI is InChI=1S/C26H28FN5O3/c27-20-5-3-18(4-6-20)17-31-11-9-21(10-12-31)29-24(33)19-7-13-32(14-8-19)26-22(16-28)30-25(35-26)23-2-1-15-34-23/h1-6,15,19,21H,7-14,17H2,(H,29,33). The minimum atomic E-state index is -0.217. The van der Waals surface area contributed by atoms with E-state index in [2.05, 4.69) is 21.3 Å². The number of likely N-dealkylation sites (tertiary alicyclic amines) is 1. The molecule has 2 aliphatic rings. The number of benzene rings is 1. The van der Waals surface area contributed by atoms with Crippen molar-refractivity contribution in [3.05, 3.63) is 59.7 Å². The number of amides is 1. The van der Waals surface area contributed by atoms with E-state index in [0.717, 1.165) is 38.0 Å². The first-order valence-electron chi connectivity index (χ1n) is 12.1. The van der Waals surface area contributed by atoms with Gasteiger partial charge in [0.05, 0.1) is 6.26 Å². The van der Waals surface area contributed by atoms with E-state index < -0.39 is 0 Å². The number of aromatic nitrogens is 1. The minimum Gasteiger partial charge on any atom is -0.459 e. The van der Waals surface area contributed by atoms with Gasteiger partial charge in [-0.25, -0.2) is 4.39 Å². The molecule has 0 aliphatic carbocycles. The lowest BCUT2D eigenvalue weighted by Crippen LogP contribution is -2.48. The Morgan fingerprint density at radius 1 is 1.11 bits per heavy atom. The van der Waals surface area contributed by atoms with Crippen molar-refractivity contribution < 1.29 is 18.0 Å². The smallest absolute Gasteiger partial charge is 0.266 e. The van der Waals surface area contributed by atoms with Gasteiger partial charge in [-0.1, -0.05) is 12.1 Å². The molecular weight excluding hydrogens is 449 g/mol. The number of carbonyl (C=O) groups is 1. The molecule has 0 atom stereocenters. The van der Waals surface area contributed by atoms with Gasteiger partial charge in [0, 0.05) is 44.7 Å². The lowest BCUT2D eigenvalue weighted by molar-refractivity contribution is -0.126. The van der Waals surface area contributed by atoms with Gasteiger partial charge in [-0.05, 0) is 55.5 Å². The maximum absolute atomic E-state index is 13.1. The highest BCUT2D eigenvalue weighted by Crippen LogP contribution is 2.31. The fourth-order valence-electron chi connectivity index (χ4n) is 4.85. The summed E-state index contributed by atoms with van der Waals surface area (Å²) in [5, 5.41) is 12.7. The first-order chi connectivity index (χ1) is 17.1. The third kappa shape index (κ3) is 5.38. The normalized spacial score (nSPS) is 17.9. The molecule has 1 N–H and O–H groups in total. The van der Waals surface area contributed by atoms with Crippen molar-refractivity contribution in [2.24, 2.45) is 5.92 Å².